The molecule has 0 fully saturated rings. The number of ether oxygens (including phenoxy) is 1. The quantitative estimate of drug-likeness (QED) is 0.148. The van der Waals surface area contributed by atoms with E-state index in [9.17, 15) is 0 Å². The Balaban J connectivity index is 1.33. The molecule has 9 aromatic carbocycles. The van der Waals surface area contributed by atoms with Gasteiger partial charge in [-0.3, -0.25) is 0 Å². The summed E-state index contributed by atoms with van der Waals surface area (Å²) in [6.07, 6.45) is 0. The lowest BCUT2D eigenvalue weighted by atomic mass is 9.85. The van der Waals surface area contributed by atoms with Gasteiger partial charge in [0.05, 0.1) is 0 Å². The van der Waals surface area contributed by atoms with Crippen molar-refractivity contribution in [2.24, 2.45) is 0 Å². The normalized spacial score (nSPS) is 12.2. The SMILES string of the molecule is c1ccc2c(c1)Oc1ccc(-c3ccc(-c4cccc5ccccc45)c4cc5ccc6ccccc6c5cc34)c3cccc-2c13. The molecule has 0 atom stereocenters. The summed E-state index contributed by atoms with van der Waals surface area (Å²) in [6.45, 7) is 0. The highest BCUT2D eigenvalue weighted by Crippen LogP contribution is 2.50. The Bertz CT molecular complexity index is 2670. The highest BCUT2D eigenvalue weighted by molar-refractivity contribution is 6.20. The molecule has 1 heterocycles. The molecular weight excluding hydrogens is 544 g/mol. The van der Waals surface area contributed by atoms with Crippen molar-refractivity contribution < 1.29 is 4.74 Å². The van der Waals surface area contributed by atoms with Crippen LogP contribution in [-0.4, -0.2) is 0 Å². The van der Waals surface area contributed by atoms with E-state index in [1.807, 2.05) is 6.07 Å². The van der Waals surface area contributed by atoms with Gasteiger partial charge in [-0.2, -0.15) is 0 Å². The molecule has 45 heavy (non-hydrogen) atoms. The lowest BCUT2D eigenvalue weighted by Crippen LogP contribution is -1.98. The van der Waals surface area contributed by atoms with Crippen molar-refractivity contribution in [2.75, 3.05) is 0 Å². The van der Waals surface area contributed by atoms with E-state index >= 15 is 0 Å². The molecule has 0 bridgehead atoms. The lowest BCUT2D eigenvalue weighted by molar-refractivity contribution is 0.487. The topological polar surface area (TPSA) is 9.23 Å². The van der Waals surface area contributed by atoms with Crippen LogP contribution < -0.4 is 4.74 Å². The Kier molecular flexibility index (Phi) is 5.06. The standard InChI is InChI=1S/C44H26O/c1-3-12-30-27(9-1)11-7-15-32(30)34-21-22-35(41-26-39-29(25-40(34)41)20-19-28-10-2-4-13-31(28)39)33-23-24-43-44-37(33)16-8-17-38(44)36-14-5-6-18-42(36)45-43/h1-26H. The highest BCUT2D eigenvalue weighted by atomic mass is 16.5. The van der Waals surface area contributed by atoms with Crippen molar-refractivity contribution in [1.29, 1.82) is 0 Å². The Morgan fingerprint density at radius 1 is 0.267 bits per heavy atom. The summed E-state index contributed by atoms with van der Waals surface area (Å²) < 4.78 is 6.45. The summed E-state index contributed by atoms with van der Waals surface area (Å²) in [5, 5.41) is 12.5. The minimum Gasteiger partial charge on any atom is -0.456 e. The fourth-order valence-corrected chi connectivity index (χ4v) is 7.59. The van der Waals surface area contributed by atoms with Crippen LogP contribution in [0.2, 0.25) is 0 Å². The van der Waals surface area contributed by atoms with Crippen LogP contribution in [0.3, 0.4) is 0 Å². The van der Waals surface area contributed by atoms with E-state index in [1.165, 1.54) is 81.7 Å². The summed E-state index contributed by atoms with van der Waals surface area (Å²) >= 11 is 0. The number of para-hydroxylation sites is 1. The van der Waals surface area contributed by atoms with E-state index in [0.717, 1.165) is 17.1 Å². The van der Waals surface area contributed by atoms with Gasteiger partial charge in [0.1, 0.15) is 11.5 Å². The minimum atomic E-state index is 0.911. The molecular formula is C44H26O. The predicted octanol–water partition coefficient (Wildman–Crippen LogP) is 12.6. The summed E-state index contributed by atoms with van der Waals surface area (Å²) in [6, 6.07) is 57.4. The van der Waals surface area contributed by atoms with Gasteiger partial charge in [0, 0.05) is 10.9 Å². The van der Waals surface area contributed by atoms with Crippen molar-refractivity contribution >= 4 is 53.9 Å². The molecule has 0 aliphatic carbocycles. The van der Waals surface area contributed by atoms with Gasteiger partial charge in [-0.1, -0.05) is 133 Å². The van der Waals surface area contributed by atoms with Gasteiger partial charge in [-0.05, 0) is 101 Å². The van der Waals surface area contributed by atoms with Crippen molar-refractivity contribution in [3.8, 4) is 44.9 Å². The first kappa shape index (κ1) is 24.5. The maximum Gasteiger partial charge on any atom is 0.135 e. The van der Waals surface area contributed by atoms with Gasteiger partial charge in [0.15, 0.2) is 0 Å². The third kappa shape index (κ3) is 3.56. The van der Waals surface area contributed by atoms with Crippen LogP contribution in [0.5, 0.6) is 11.5 Å². The number of fused-ring (bicyclic) bond motifs is 7. The number of hydrogen-bond donors (Lipinski definition) is 0. The maximum atomic E-state index is 6.45. The van der Waals surface area contributed by atoms with Crippen LogP contribution in [0, 0.1) is 0 Å². The molecule has 0 saturated heterocycles. The van der Waals surface area contributed by atoms with E-state index in [-0.39, 0.29) is 0 Å². The number of rotatable bonds is 2. The van der Waals surface area contributed by atoms with Crippen LogP contribution in [0.4, 0.5) is 0 Å². The first-order chi connectivity index (χ1) is 22.3. The van der Waals surface area contributed by atoms with Gasteiger partial charge in [-0.15, -0.1) is 0 Å². The first-order valence-electron chi connectivity index (χ1n) is 15.5. The molecule has 208 valence electrons. The van der Waals surface area contributed by atoms with Gasteiger partial charge in [0.25, 0.3) is 0 Å². The number of benzene rings is 9. The second-order valence-corrected chi connectivity index (χ2v) is 12.0. The molecule has 1 heteroatoms. The second-order valence-electron chi connectivity index (χ2n) is 12.0. The minimum absolute atomic E-state index is 0.911. The summed E-state index contributed by atoms with van der Waals surface area (Å²) in [4.78, 5) is 0. The summed E-state index contributed by atoms with van der Waals surface area (Å²) in [5.74, 6) is 1.82. The van der Waals surface area contributed by atoms with Crippen molar-refractivity contribution in [2.45, 2.75) is 0 Å². The fraction of sp³-hybridized carbons (Fsp3) is 0. The summed E-state index contributed by atoms with van der Waals surface area (Å²) in [5.41, 5.74) is 7.31. The smallest absolute Gasteiger partial charge is 0.135 e. The Hall–Kier alpha value is -5.92. The molecule has 0 saturated carbocycles. The van der Waals surface area contributed by atoms with E-state index in [1.54, 1.807) is 0 Å². The zero-order valence-electron chi connectivity index (χ0n) is 24.4. The molecule has 1 nitrogen and oxygen atoms in total. The monoisotopic (exact) mass is 570 g/mol. The second kappa shape index (κ2) is 9.29. The van der Waals surface area contributed by atoms with Gasteiger partial charge < -0.3 is 4.74 Å². The average Bonchev–Trinajstić information content (AvgIpc) is 3.10. The predicted molar refractivity (Wildman–Crippen MR) is 190 cm³/mol. The van der Waals surface area contributed by atoms with Crippen molar-refractivity contribution in [1.82, 2.24) is 0 Å². The maximum absolute atomic E-state index is 6.45. The van der Waals surface area contributed by atoms with Gasteiger partial charge >= 0.3 is 0 Å². The largest absolute Gasteiger partial charge is 0.456 e. The van der Waals surface area contributed by atoms with Gasteiger partial charge in [-0.25, -0.2) is 0 Å². The number of hydrogen-bond acceptors (Lipinski definition) is 1. The van der Waals surface area contributed by atoms with E-state index < -0.39 is 0 Å². The molecule has 0 unspecified atom stereocenters. The van der Waals surface area contributed by atoms with Crippen molar-refractivity contribution in [3.63, 3.8) is 0 Å². The Labute approximate surface area is 260 Å². The molecule has 0 aromatic heterocycles. The van der Waals surface area contributed by atoms with Crippen LogP contribution in [0.15, 0.2) is 158 Å². The van der Waals surface area contributed by atoms with Crippen LogP contribution in [0.25, 0.3) is 87.2 Å². The van der Waals surface area contributed by atoms with Crippen LogP contribution >= 0.6 is 0 Å². The zero-order chi connectivity index (χ0) is 29.5. The molecule has 0 radical (unpaired) electrons. The van der Waals surface area contributed by atoms with Gasteiger partial charge in [0.2, 0.25) is 0 Å². The molecule has 1 aliphatic heterocycles. The molecule has 0 amide bonds. The molecule has 0 spiro atoms. The zero-order valence-corrected chi connectivity index (χ0v) is 24.4. The molecule has 0 N–H and O–H groups in total. The van der Waals surface area contributed by atoms with E-state index in [2.05, 4.69) is 152 Å². The van der Waals surface area contributed by atoms with Crippen LogP contribution in [-0.2, 0) is 0 Å². The highest BCUT2D eigenvalue weighted by Gasteiger charge is 2.22. The third-order valence-corrected chi connectivity index (χ3v) is 9.65. The van der Waals surface area contributed by atoms with Crippen LogP contribution in [0.1, 0.15) is 0 Å². The fourth-order valence-electron chi connectivity index (χ4n) is 7.59. The molecule has 10 rings (SSSR count). The average molecular weight is 571 g/mol. The lowest BCUT2D eigenvalue weighted by Gasteiger charge is -2.23. The Morgan fingerprint density at radius 3 is 1.71 bits per heavy atom. The first-order valence-corrected chi connectivity index (χ1v) is 15.5. The summed E-state index contributed by atoms with van der Waals surface area (Å²) in [7, 11) is 0. The third-order valence-electron chi connectivity index (χ3n) is 9.65. The Morgan fingerprint density at radius 2 is 0.822 bits per heavy atom. The van der Waals surface area contributed by atoms with E-state index in [0.29, 0.717) is 0 Å². The molecule has 9 aromatic rings. The van der Waals surface area contributed by atoms with Crippen molar-refractivity contribution in [3.05, 3.63) is 158 Å². The molecule has 1 aliphatic rings. The van der Waals surface area contributed by atoms with E-state index in [4.69, 9.17) is 4.74 Å².